The van der Waals surface area contributed by atoms with E-state index in [0.717, 1.165) is 45.0 Å². The molecule has 0 unspecified atom stereocenters. The highest BCUT2D eigenvalue weighted by Crippen LogP contribution is 2.27. The number of nitrogens with zero attached hydrogens (tertiary/aromatic N) is 3. The summed E-state index contributed by atoms with van der Waals surface area (Å²) in [7, 11) is 1.91. The normalized spacial score (nSPS) is 27.3. The Morgan fingerprint density at radius 2 is 2.33 bits per heavy atom. The van der Waals surface area contributed by atoms with Crippen LogP contribution in [0.25, 0.3) is 0 Å². The van der Waals surface area contributed by atoms with E-state index in [1.165, 1.54) is 0 Å². The Kier molecular flexibility index (Phi) is 5.22. The van der Waals surface area contributed by atoms with Crippen LogP contribution >= 0.6 is 0 Å². The molecule has 1 aromatic heterocycles. The summed E-state index contributed by atoms with van der Waals surface area (Å²) >= 11 is 0. The van der Waals surface area contributed by atoms with E-state index in [1.807, 2.05) is 19.4 Å². The molecule has 0 saturated carbocycles. The van der Waals surface area contributed by atoms with Crippen LogP contribution in [0.15, 0.2) is 12.4 Å². The second kappa shape index (κ2) is 7.21. The van der Waals surface area contributed by atoms with E-state index in [0.29, 0.717) is 6.54 Å². The molecule has 3 heterocycles. The standard InChI is InChI=1S/C17H29N5O2/c1-17(2)12-24-7-6-22(17)5-4-19-16(23)15-10-18-9-14(15)13-8-20-21(3)11-13/h8,11,14-15,18H,4-7,9-10,12H2,1-3H3,(H,19,23)/t14-,15+/m1/s1. The van der Waals surface area contributed by atoms with Crippen molar-refractivity contribution in [1.29, 1.82) is 0 Å². The fourth-order valence-electron chi connectivity index (χ4n) is 3.69. The molecule has 0 bridgehead atoms. The summed E-state index contributed by atoms with van der Waals surface area (Å²) in [5.74, 6) is 0.324. The maximum absolute atomic E-state index is 12.6. The van der Waals surface area contributed by atoms with Gasteiger partial charge in [0.05, 0.1) is 25.3 Å². The summed E-state index contributed by atoms with van der Waals surface area (Å²) < 4.78 is 7.34. The minimum Gasteiger partial charge on any atom is -0.378 e. The lowest BCUT2D eigenvalue weighted by Crippen LogP contribution is -2.55. The van der Waals surface area contributed by atoms with Gasteiger partial charge in [-0.25, -0.2) is 0 Å². The molecule has 3 rings (SSSR count). The van der Waals surface area contributed by atoms with Gasteiger partial charge in [0, 0.05) is 57.4 Å². The number of ether oxygens (including phenoxy) is 1. The number of amides is 1. The van der Waals surface area contributed by atoms with E-state index in [-0.39, 0.29) is 23.3 Å². The van der Waals surface area contributed by atoms with E-state index in [2.05, 4.69) is 34.5 Å². The average Bonchev–Trinajstić information content (AvgIpc) is 3.17. The van der Waals surface area contributed by atoms with Crippen LogP contribution in [0, 0.1) is 5.92 Å². The lowest BCUT2D eigenvalue weighted by molar-refractivity contribution is -0.125. The van der Waals surface area contributed by atoms with E-state index in [4.69, 9.17) is 4.74 Å². The van der Waals surface area contributed by atoms with Gasteiger partial charge in [-0.1, -0.05) is 0 Å². The van der Waals surface area contributed by atoms with Gasteiger partial charge in [0.1, 0.15) is 0 Å². The van der Waals surface area contributed by atoms with Crippen molar-refractivity contribution in [2.45, 2.75) is 25.3 Å². The Balaban J connectivity index is 1.51. The number of aromatic nitrogens is 2. The molecule has 2 aliphatic rings. The molecule has 1 amide bonds. The molecular formula is C17H29N5O2. The fourth-order valence-corrected chi connectivity index (χ4v) is 3.69. The summed E-state index contributed by atoms with van der Waals surface area (Å²) in [6.07, 6.45) is 3.88. The van der Waals surface area contributed by atoms with E-state index < -0.39 is 0 Å². The van der Waals surface area contributed by atoms with Crippen LogP contribution in [0.4, 0.5) is 0 Å². The third-order valence-corrected chi connectivity index (χ3v) is 5.20. The Labute approximate surface area is 143 Å². The highest BCUT2D eigenvalue weighted by molar-refractivity contribution is 5.80. The van der Waals surface area contributed by atoms with Crippen LogP contribution < -0.4 is 10.6 Å². The molecule has 2 atom stereocenters. The van der Waals surface area contributed by atoms with Crippen molar-refractivity contribution < 1.29 is 9.53 Å². The van der Waals surface area contributed by atoms with Crippen LogP contribution in [0.3, 0.4) is 0 Å². The van der Waals surface area contributed by atoms with Crippen LogP contribution in [0.1, 0.15) is 25.3 Å². The van der Waals surface area contributed by atoms with Gasteiger partial charge in [0.2, 0.25) is 5.91 Å². The number of nitrogens with one attached hydrogen (secondary N) is 2. The van der Waals surface area contributed by atoms with Gasteiger partial charge in [0.25, 0.3) is 0 Å². The van der Waals surface area contributed by atoms with E-state index >= 15 is 0 Å². The fraction of sp³-hybridized carbons (Fsp3) is 0.765. The third-order valence-electron chi connectivity index (χ3n) is 5.20. The molecule has 2 saturated heterocycles. The minimum absolute atomic E-state index is 0.0214. The van der Waals surface area contributed by atoms with E-state index in [1.54, 1.807) is 4.68 Å². The first kappa shape index (κ1) is 17.4. The molecule has 7 nitrogen and oxygen atoms in total. The number of morpholine rings is 1. The lowest BCUT2D eigenvalue weighted by atomic mass is 9.90. The number of aryl methyl sites for hydroxylation is 1. The van der Waals surface area contributed by atoms with Crippen molar-refractivity contribution in [3.05, 3.63) is 18.0 Å². The summed E-state index contributed by atoms with van der Waals surface area (Å²) in [6, 6.07) is 0. The van der Waals surface area contributed by atoms with Crippen molar-refractivity contribution in [1.82, 2.24) is 25.3 Å². The molecule has 2 fully saturated rings. The van der Waals surface area contributed by atoms with Crippen LogP contribution in [0.5, 0.6) is 0 Å². The SMILES string of the molecule is Cn1cc([C@H]2CNC[C@@H]2C(=O)NCCN2CCOCC2(C)C)cn1. The molecule has 2 N–H and O–H groups in total. The molecule has 0 aliphatic carbocycles. The highest BCUT2D eigenvalue weighted by atomic mass is 16.5. The Morgan fingerprint density at radius 1 is 1.50 bits per heavy atom. The number of rotatable bonds is 5. The van der Waals surface area contributed by atoms with Crippen LogP contribution in [-0.4, -0.2) is 72.1 Å². The Morgan fingerprint density at radius 3 is 3.04 bits per heavy atom. The molecular weight excluding hydrogens is 306 g/mol. The maximum Gasteiger partial charge on any atom is 0.225 e. The Bertz CT molecular complexity index is 571. The van der Waals surface area contributed by atoms with Gasteiger partial charge >= 0.3 is 0 Å². The number of carbonyl (C=O) groups excluding carboxylic acids is 1. The first-order valence-corrected chi connectivity index (χ1v) is 8.77. The molecule has 0 spiro atoms. The smallest absolute Gasteiger partial charge is 0.225 e. The minimum atomic E-state index is -0.0214. The quantitative estimate of drug-likeness (QED) is 0.789. The molecule has 0 radical (unpaired) electrons. The molecule has 2 aliphatic heterocycles. The van der Waals surface area contributed by atoms with Gasteiger partial charge in [-0.3, -0.25) is 14.4 Å². The van der Waals surface area contributed by atoms with Gasteiger partial charge in [-0.05, 0) is 19.4 Å². The van der Waals surface area contributed by atoms with Gasteiger partial charge in [-0.15, -0.1) is 0 Å². The largest absolute Gasteiger partial charge is 0.378 e. The predicted octanol–water partition coefficient (Wildman–Crippen LogP) is -0.0499. The summed E-state index contributed by atoms with van der Waals surface area (Å²) in [5.41, 5.74) is 1.17. The number of hydrogen-bond acceptors (Lipinski definition) is 5. The first-order valence-electron chi connectivity index (χ1n) is 8.77. The first-order chi connectivity index (χ1) is 11.5. The summed E-state index contributed by atoms with van der Waals surface area (Å²) in [4.78, 5) is 15.0. The Hall–Kier alpha value is -1.44. The second-order valence-electron chi connectivity index (χ2n) is 7.46. The predicted molar refractivity (Wildman–Crippen MR) is 91.8 cm³/mol. The molecule has 134 valence electrons. The monoisotopic (exact) mass is 335 g/mol. The van der Waals surface area contributed by atoms with Gasteiger partial charge in [-0.2, -0.15) is 5.10 Å². The number of carbonyl (C=O) groups is 1. The summed E-state index contributed by atoms with van der Waals surface area (Å²) in [6.45, 7) is 9.92. The summed E-state index contributed by atoms with van der Waals surface area (Å²) in [5, 5.41) is 10.7. The van der Waals surface area contributed by atoms with Crippen molar-refractivity contribution in [3.8, 4) is 0 Å². The maximum atomic E-state index is 12.6. The second-order valence-corrected chi connectivity index (χ2v) is 7.46. The number of hydrogen-bond donors (Lipinski definition) is 2. The van der Waals surface area contributed by atoms with Crippen LogP contribution in [0.2, 0.25) is 0 Å². The highest BCUT2D eigenvalue weighted by Gasteiger charge is 2.35. The van der Waals surface area contributed by atoms with Crippen molar-refractivity contribution in [2.24, 2.45) is 13.0 Å². The molecule has 0 aromatic carbocycles. The average molecular weight is 335 g/mol. The zero-order valence-electron chi connectivity index (χ0n) is 14.9. The van der Waals surface area contributed by atoms with Crippen molar-refractivity contribution in [2.75, 3.05) is 45.9 Å². The molecule has 7 heteroatoms. The topological polar surface area (TPSA) is 71.4 Å². The molecule has 1 aromatic rings. The lowest BCUT2D eigenvalue weighted by Gasteiger charge is -2.42. The van der Waals surface area contributed by atoms with Crippen molar-refractivity contribution >= 4 is 5.91 Å². The van der Waals surface area contributed by atoms with E-state index in [9.17, 15) is 4.79 Å². The van der Waals surface area contributed by atoms with Crippen LogP contribution in [-0.2, 0) is 16.6 Å². The zero-order chi connectivity index (χ0) is 17.2. The van der Waals surface area contributed by atoms with Gasteiger partial charge in [0.15, 0.2) is 0 Å². The third kappa shape index (κ3) is 3.79. The van der Waals surface area contributed by atoms with Crippen molar-refractivity contribution in [3.63, 3.8) is 0 Å². The molecule has 24 heavy (non-hydrogen) atoms. The zero-order valence-corrected chi connectivity index (χ0v) is 14.9. The van der Waals surface area contributed by atoms with Gasteiger partial charge < -0.3 is 15.4 Å².